The molecule has 1 aromatic heterocycles. The number of carbonyl (C=O) groups is 5. The number of aliphatic hydroxyl groups is 1. The van der Waals surface area contributed by atoms with E-state index in [9.17, 15) is 39.3 Å². The molecule has 0 aliphatic carbocycles. The molecule has 0 aliphatic heterocycles. The van der Waals surface area contributed by atoms with Crippen molar-refractivity contribution < 1.29 is 39.3 Å². The summed E-state index contributed by atoms with van der Waals surface area (Å²) in [7, 11) is 0. The van der Waals surface area contributed by atoms with Crippen LogP contribution < -0.4 is 27.0 Å². The van der Waals surface area contributed by atoms with Gasteiger partial charge in [0.15, 0.2) is 0 Å². The van der Waals surface area contributed by atoms with Crippen LogP contribution >= 0.6 is 0 Å². The number of aliphatic carboxylic acids is 1. The largest absolute Gasteiger partial charge is 0.508 e. The van der Waals surface area contributed by atoms with Crippen molar-refractivity contribution in [3.63, 3.8) is 0 Å². The highest BCUT2D eigenvalue weighted by atomic mass is 16.4. The summed E-state index contributed by atoms with van der Waals surface area (Å²) >= 11 is 0. The van der Waals surface area contributed by atoms with E-state index in [-0.39, 0.29) is 18.6 Å². The molecule has 0 unspecified atom stereocenters. The Labute approximate surface area is 217 Å². The average molecular weight is 534 g/mol. The molecule has 15 nitrogen and oxygen atoms in total. The summed E-state index contributed by atoms with van der Waals surface area (Å²) < 4.78 is 0. The Morgan fingerprint density at radius 3 is 2.24 bits per heavy atom. The molecule has 0 fully saturated rings. The van der Waals surface area contributed by atoms with Gasteiger partial charge in [0.2, 0.25) is 23.6 Å². The lowest BCUT2D eigenvalue weighted by Gasteiger charge is -2.21. The van der Waals surface area contributed by atoms with Gasteiger partial charge in [-0.2, -0.15) is 0 Å². The van der Waals surface area contributed by atoms with Crippen molar-refractivity contribution in [2.45, 2.75) is 43.9 Å². The van der Waals surface area contributed by atoms with Crippen molar-refractivity contribution in [3.05, 3.63) is 48.0 Å². The average Bonchev–Trinajstić information content (AvgIpc) is 3.39. The fraction of sp³-hybridized carbons (Fsp3) is 0.391. The number of imidazole rings is 1. The summed E-state index contributed by atoms with van der Waals surface area (Å²) in [4.78, 5) is 67.3. The van der Waals surface area contributed by atoms with E-state index in [0.29, 0.717) is 11.3 Å². The van der Waals surface area contributed by atoms with Gasteiger partial charge in [0.25, 0.3) is 0 Å². The number of carboxylic acid groups (broad SMARTS) is 1. The van der Waals surface area contributed by atoms with Crippen LogP contribution in [0.1, 0.15) is 18.2 Å². The number of hydrogen-bond acceptors (Lipinski definition) is 9. The zero-order valence-electron chi connectivity index (χ0n) is 20.5. The van der Waals surface area contributed by atoms with Crippen LogP contribution in [0.5, 0.6) is 5.75 Å². The van der Waals surface area contributed by atoms with Crippen LogP contribution in [0.2, 0.25) is 0 Å². The number of amides is 4. The number of aliphatic hydroxyl groups excluding tert-OH is 1. The van der Waals surface area contributed by atoms with Gasteiger partial charge in [-0.25, -0.2) is 9.78 Å². The van der Waals surface area contributed by atoms with Crippen LogP contribution in [0.15, 0.2) is 36.8 Å². The number of carboxylic acids is 1. The number of nitrogens with zero attached hydrogens (tertiary/aromatic N) is 1. The number of phenols is 1. The van der Waals surface area contributed by atoms with Crippen LogP contribution in [0.25, 0.3) is 0 Å². The number of hydrogen-bond donors (Lipinski definition) is 9. The van der Waals surface area contributed by atoms with Gasteiger partial charge in [-0.1, -0.05) is 12.1 Å². The smallest absolute Gasteiger partial charge is 0.326 e. The van der Waals surface area contributed by atoms with Crippen molar-refractivity contribution in [2.75, 3.05) is 13.2 Å². The number of aromatic hydroxyl groups is 1. The van der Waals surface area contributed by atoms with E-state index in [1.165, 1.54) is 43.7 Å². The molecule has 10 N–H and O–H groups in total. The van der Waals surface area contributed by atoms with Gasteiger partial charge in [-0.05, 0) is 24.6 Å². The van der Waals surface area contributed by atoms with Crippen LogP contribution in [0, 0.1) is 0 Å². The lowest BCUT2D eigenvalue weighted by atomic mass is 10.1. The van der Waals surface area contributed by atoms with Crippen molar-refractivity contribution >= 4 is 29.6 Å². The molecule has 2 rings (SSSR count). The molecule has 38 heavy (non-hydrogen) atoms. The predicted octanol–water partition coefficient (Wildman–Crippen LogP) is -3.10. The maximum absolute atomic E-state index is 12.4. The second-order valence-corrected chi connectivity index (χ2v) is 8.41. The normalized spacial score (nSPS) is 13.9. The van der Waals surface area contributed by atoms with E-state index in [1.54, 1.807) is 0 Å². The standard InChI is InChI=1S/C23H31N7O8/c1-12(28-22(36)18(10-31)30-21(35)16(24)7-14-8-25-11-27-14)20(34)26-9-19(33)29-17(23(37)38)6-13-2-4-15(32)5-3-13/h2-5,8,11-12,16-18,31-32H,6-7,9-10,24H2,1H3,(H,25,27)(H,26,34)(H,28,36)(H,29,33)(H,30,35)(H,37,38)/t12-,16-,17-,18-/m0/s1. The summed E-state index contributed by atoms with van der Waals surface area (Å²) in [5.41, 5.74) is 6.97. The monoisotopic (exact) mass is 533 g/mol. The Bertz CT molecular complexity index is 1110. The molecular weight excluding hydrogens is 502 g/mol. The van der Waals surface area contributed by atoms with E-state index in [0.717, 1.165) is 0 Å². The molecule has 0 radical (unpaired) electrons. The number of benzene rings is 1. The minimum absolute atomic E-state index is 0.00938. The fourth-order valence-corrected chi connectivity index (χ4v) is 3.21. The number of H-pyrrole nitrogens is 1. The van der Waals surface area contributed by atoms with Crippen molar-refractivity contribution in [3.8, 4) is 5.75 Å². The van der Waals surface area contributed by atoms with Gasteiger partial charge < -0.3 is 47.3 Å². The Hall–Kier alpha value is -4.50. The number of aromatic amines is 1. The maximum Gasteiger partial charge on any atom is 0.326 e. The highest BCUT2D eigenvalue weighted by Crippen LogP contribution is 2.11. The van der Waals surface area contributed by atoms with E-state index in [1.807, 2.05) is 0 Å². The first kappa shape index (κ1) is 29.7. The van der Waals surface area contributed by atoms with Crippen molar-refractivity contribution in [1.29, 1.82) is 0 Å². The first-order valence-corrected chi connectivity index (χ1v) is 11.5. The zero-order valence-corrected chi connectivity index (χ0v) is 20.5. The number of nitrogens with two attached hydrogens (primary N) is 1. The van der Waals surface area contributed by atoms with Gasteiger partial charge in [0.1, 0.15) is 23.9 Å². The quantitative estimate of drug-likeness (QED) is 0.118. The van der Waals surface area contributed by atoms with Crippen LogP contribution in [-0.2, 0) is 36.8 Å². The topological polar surface area (TPSA) is 249 Å². The minimum atomic E-state index is -1.38. The molecule has 206 valence electrons. The van der Waals surface area contributed by atoms with Gasteiger partial charge in [0.05, 0.1) is 25.5 Å². The number of carbonyl (C=O) groups excluding carboxylic acids is 4. The Morgan fingerprint density at radius 2 is 1.66 bits per heavy atom. The SMILES string of the molecule is C[C@H](NC(=O)[C@H](CO)NC(=O)[C@@H](N)Cc1cnc[nH]1)C(=O)NCC(=O)N[C@@H](Cc1ccc(O)cc1)C(=O)O. The van der Waals surface area contributed by atoms with E-state index in [4.69, 9.17) is 5.73 Å². The molecular formula is C23H31N7O8. The number of aromatic nitrogens is 2. The molecule has 0 saturated heterocycles. The predicted molar refractivity (Wildman–Crippen MR) is 131 cm³/mol. The summed E-state index contributed by atoms with van der Waals surface area (Å²) in [6.45, 7) is -0.0139. The van der Waals surface area contributed by atoms with Crippen molar-refractivity contribution in [2.24, 2.45) is 5.73 Å². The summed E-state index contributed by atoms with van der Waals surface area (Å²) in [6, 6.07) is 0.937. The maximum atomic E-state index is 12.4. The molecule has 0 saturated carbocycles. The Balaban J connectivity index is 1.80. The number of rotatable bonds is 14. The molecule has 4 amide bonds. The van der Waals surface area contributed by atoms with Gasteiger partial charge >= 0.3 is 5.97 Å². The fourth-order valence-electron chi connectivity index (χ4n) is 3.21. The number of nitrogens with one attached hydrogen (secondary N) is 5. The second-order valence-electron chi connectivity index (χ2n) is 8.41. The first-order valence-electron chi connectivity index (χ1n) is 11.5. The highest BCUT2D eigenvalue weighted by Gasteiger charge is 2.27. The highest BCUT2D eigenvalue weighted by molar-refractivity contribution is 5.94. The lowest BCUT2D eigenvalue weighted by Crippen LogP contribution is -2.57. The molecule has 1 heterocycles. The van der Waals surface area contributed by atoms with Crippen LogP contribution in [0.4, 0.5) is 0 Å². The second kappa shape index (κ2) is 14.3. The third-order valence-electron chi connectivity index (χ3n) is 5.33. The lowest BCUT2D eigenvalue weighted by molar-refractivity contribution is -0.141. The third-order valence-corrected chi connectivity index (χ3v) is 5.33. The van der Waals surface area contributed by atoms with Crippen molar-refractivity contribution in [1.82, 2.24) is 31.2 Å². The molecule has 0 aliphatic rings. The van der Waals surface area contributed by atoms with Gasteiger partial charge in [0, 0.05) is 24.7 Å². The molecule has 1 aromatic carbocycles. The summed E-state index contributed by atoms with van der Waals surface area (Å²) in [6.07, 6.45) is 2.97. The first-order chi connectivity index (χ1) is 18.0. The van der Waals surface area contributed by atoms with Gasteiger partial charge in [-0.3, -0.25) is 19.2 Å². The van der Waals surface area contributed by atoms with E-state index < -0.39 is 66.9 Å². The van der Waals surface area contributed by atoms with Crippen LogP contribution in [0.3, 0.4) is 0 Å². The minimum Gasteiger partial charge on any atom is -0.508 e. The third kappa shape index (κ3) is 9.51. The molecule has 15 heteroatoms. The molecule has 0 spiro atoms. The van der Waals surface area contributed by atoms with Gasteiger partial charge in [-0.15, -0.1) is 0 Å². The Morgan fingerprint density at radius 1 is 0.974 bits per heavy atom. The molecule has 0 bridgehead atoms. The zero-order chi connectivity index (χ0) is 28.2. The number of phenolic OH excluding ortho intramolecular Hbond substituents is 1. The summed E-state index contributed by atoms with van der Waals surface area (Å²) in [5.74, 6) is -4.40. The van der Waals surface area contributed by atoms with E-state index in [2.05, 4.69) is 31.2 Å². The Kier molecular flexibility index (Phi) is 11.2. The molecule has 4 atom stereocenters. The summed E-state index contributed by atoms with van der Waals surface area (Å²) in [5, 5.41) is 37.4. The van der Waals surface area contributed by atoms with Crippen LogP contribution in [-0.4, -0.2) is 92.2 Å². The molecule has 2 aromatic rings. The van der Waals surface area contributed by atoms with E-state index >= 15 is 0 Å².